The summed E-state index contributed by atoms with van der Waals surface area (Å²) in [5.41, 5.74) is 5.22. The van der Waals surface area contributed by atoms with Crippen LogP contribution in [0, 0.1) is 0 Å². The zero-order chi connectivity index (χ0) is 14.8. The summed E-state index contributed by atoms with van der Waals surface area (Å²) >= 11 is 0. The molecule has 104 valence electrons. The summed E-state index contributed by atoms with van der Waals surface area (Å²) < 4.78 is 0. The summed E-state index contributed by atoms with van der Waals surface area (Å²) in [6.07, 6.45) is 1.79. The molecular formula is C20H14N2. The van der Waals surface area contributed by atoms with E-state index in [1.54, 1.807) is 6.20 Å². The average Bonchev–Trinajstić information content (AvgIpc) is 2.62. The van der Waals surface area contributed by atoms with Crippen LogP contribution in [-0.4, -0.2) is 9.97 Å². The van der Waals surface area contributed by atoms with E-state index in [0.29, 0.717) is 0 Å². The van der Waals surface area contributed by atoms with Crippen molar-refractivity contribution in [3.8, 4) is 22.5 Å². The highest BCUT2D eigenvalue weighted by Crippen LogP contribution is 2.25. The van der Waals surface area contributed by atoms with E-state index in [1.165, 1.54) is 11.1 Å². The predicted molar refractivity (Wildman–Crippen MR) is 90.4 cm³/mol. The van der Waals surface area contributed by atoms with Crippen molar-refractivity contribution in [3.63, 3.8) is 0 Å². The van der Waals surface area contributed by atoms with Crippen LogP contribution in [0.3, 0.4) is 0 Å². The van der Waals surface area contributed by atoms with E-state index >= 15 is 0 Å². The van der Waals surface area contributed by atoms with E-state index in [4.69, 9.17) is 4.98 Å². The van der Waals surface area contributed by atoms with Crippen molar-refractivity contribution in [1.82, 2.24) is 9.97 Å². The first-order valence-electron chi connectivity index (χ1n) is 7.28. The van der Waals surface area contributed by atoms with Crippen LogP contribution >= 0.6 is 0 Å². The minimum atomic E-state index is 0.900. The maximum Gasteiger partial charge on any atom is 0.0893 e. The van der Waals surface area contributed by atoms with Crippen LogP contribution in [0.15, 0.2) is 85.1 Å². The lowest BCUT2D eigenvalue weighted by Crippen LogP contribution is -1.88. The highest BCUT2D eigenvalue weighted by atomic mass is 14.8. The number of hydrogen-bond donors (Lipinski definition) is 0. The normalized spacial score (nSPS) is 10.7. The maximum atomic E-state index is 4.72. The van der Waals surface area contributed by atoms with E-state index in [1.807, 2.05) is 30.3 Å². The smallest absolute Gasteiger partial charge is 0.0893 e. The van der Waals surface area contributed by atoms with Gasteiger partial charge in [0.25, 0.3) is 0 Å². The average molecular weight is 282 g/mol. The first-order valence-corrected chi connectivity index (χ1v) is 7.28. The molecule has 4 rings (SSSR count). The Morgan fingerprint density at radius 2 is 1.45 bits per heavy atom. The molecule has 0 fully saturated rings. The first kappa shape index (κ1) is 12.7. The molecule has 0 aliphatic carbocycles. The van der Waals surface area contributed by atoms with Gasteiger partial charge in [-0.1, -0.05) is 48.5 Å². The minimum absolute atomic E-state index is 0.900. The predicted octanol–water partition coefficient (Wildman–Crippen LogP) is 4.96. The second kappa shape index (κ2) is 5.41. The fraction of sp³-hybridized carbons (Fsp3) is 0. The number of pyridine rings is 2. The first-order chi connectivity index (χ1) is 10.9. The molecule has 0 atom stereocenters. The van der Waals surface area contributed by atoms with Gasteiger partial charge < -0.3 is 0 Å². The third-order valence-corrected chi connectivity index (χ3v) is 3.72. The number of benzene rings is 2. The molecule has 0 bridgehead atoms. The summed E-state index contributed by atoms with van der Waals surface area (Å²) in [7, 11) is 0. The molecular weight excluding hydrogens is 268 g/mol. The second-order valence-corrected chi connectivity index (χ2v) is 5.18. The molecule has 2 heteroatoms. The topological polar surface area (TPSA) is 25.8 Å². The number of hydrogen-bond acceptors (Lipinski definition) is 2. The molecule has 0 N–H and O–H groups in total. The number of fused-ring (bicyclic) bond motifs is 1. The van der Waals surface area contributed by atoms with E-state index in [0.717, 1.165) is 22.3 Å². The minimum Gasteiger partial charge on any atom is -0.255 e. The number of rotatable bonds is 2. The Morgan fingerprint density at radius 3 is 2.27 bits per heavy atom. The molecule has 2 aromatic carbocycles. The van der Waals surface area contributed by atoms with Crippen molar-refractivity contribution in [2.24, 2.45) is 0 Å². The molecule has 0 radical (unpaired) electrons. The van der Waals surface area contributed by atoms with E-state index in [-0.39, 0.29) is 0 Å². The van der Waals surface area contributed by atoms with Gasteiger partial charge >= 0.3 is 0 Å². The molecule has 4 aromatic rings. The quantitative estimate of drug-likeness (QED) is 0.519. The molecule has 2 heterocycles. The molecule has 0 saturated heterocycles. The Balaban J connectivity index is 1.80. The van der Waals surface area contributed by atoms with Crippen LogP contribution in [0.4, 0.5) is 0 Å². The van der Waals surface area contributed by atoms with Gasteiger partial charge in [-0.25, -0.2) is 4.98 Å². The number of nitrogens with zero attached hydrogens (tertiary/aromatic N) is 2. The molecule has 0 saturated carbocycles. The van der Waals surface area contributed by atoms with Gasteiger partial charge in [0.1, 0.15) is 0 Å². The second-order valence-electron chi connectivity index (χ2n) is 5.18. The lowest BCUT2D eigenvalue weighted by molar-refractivity contribution is 1.28. The van der Waals surface area contributed by atoms with Crippen LogP contribution in [0.2, 0.25) is 0 Å². The van der Waals surface area contributed by atoms with Crippen LogP contribution in [0.5, 0.6) is 0 Å². The van der Waals surface area contributed by atoms with Gasteiger partial charge in [-0.05, 0) is 41.5 Å². The molecule has 2 aromatic heterocycles. The van der Waals surface area contributed by atoms with Crippen molar-refractivity contribution < 1.29 is 0 Å². The fourth-order valence-corrected chi connectivity index (χ4v) is 2.59. The van der Waals surface area contributed by atoms with Gasteiger partial charge in [0, 0.05) is 11.6 Å². The van der Waals surface area contributed by atoms with Gasteiger partial charge in [-0.3, -0.25) is 4.98 Å². The summed E-state index contributed by atoms with van der Waals surface area (Å²) in [4.78, 5) is 9.08. The third kappa shape index (κ3) is 2.35. The lowest BCUT2D eigenvalue weighted by Gasteiger charge is -2.05. The van der Waals surface area contributed by atoms with Gasteiger partial charge in [0.2, 0.25) is 0 Å². The van der Waals surface area contributed by atoms with E-state index in [9.17, 15) is 0 Å². The highest BCUT2D eigenvalue weighted by Gasteiger charge is 2.04. The summed E-state index contributed by atoms with van der Waals surface area (Å²) in [5.74, 6) is 0. The van der Waals surface area contributed by atoms with Crippen molar-refractivity contribution in [2.75, 3.05) is 0 Å². The van der Waals surface area contributed by atoms with Crippen LogP contribution in [0.1, 0.15) is 0 Å². The Kier molecular flexibility index (Phi) is 3.13. The van der Waals surface area contributed by atoms with Crippen molar-refractivity contribution in [1.29, 1.82) is 0 Å². The monoisotopic (exact) mass is 282 g/mol. The van der Waals surface area contributed by atoms with Crippen LogP contribution in [0.25, 0.3) is 33.4 Å². The molecule has 0 aliphatic rings. The largest absolute Gasteiger partial charge is 0.255 e. The highest BCUT2D eigenvalue weighted by molar-refractivity contribution is 5.86. The zero-order valence-electron chi connectivity index (χ0n) is 12.0. The van der Waals surface area contributed by atoms with Crippen LogP contribution in [-0.2, 0) is 0 Å². The molecule has 0 amide bonds. The van der Waals surface area contributed by atoms with E-state index in [2.05, 4.69) is 53.5 Å². The summed E-state index contributed by atoms with van der Waals surface area (Å²) in [5, 5.41) is 1.14. The van der Waals surface area contributed by atoms with Gasteiger partial charge in [0.15, 0.2) is 0 Å². The van der Waals surface area contributed by atoms with Gasteiger partial charge in [-0.15, -0.1) is 0 Å². The Bertz CT molecular complexity index is 837. The lowest BCUT2D eigenvalue weighted by atomic mass is 10.0. The molecule has 2 nitrogen and oxygen atoms in total. The zero-order valence-corrected chi connectivity index (χ0v) is 12.0. The van der Waals surface area contributed by atoms with E-state index < -0.39 is 0 Å². The number of aromatic nitrogens is 2. The standard InChI is InChI=1S/C20H14N2/c1-2-6-15(7-3-1)16-9-11-18-17(14-16)10-12-20(22-18)19-8-4-5-13-21-19/h1-14H. The van der Waals surface area contributed by atoms with Crippen LogP contribution < -0.4 is 0 Å². The Morgan fingerprint density at radius 1 is 0.591 bits per heavy atom. The van der Waals surface area contributed by atoms with Gasteiger partial charge in [0.05, 0.1) is 16.9 Å². The molecule has 0 spiro atoms. The molecule has 22 heavy (non-hydrogen) atoms. The van der Waals surface area contributed by atoms with Crippen molar-refractivity contribution >= 4 is 10.9 Å². The fourth-order valence-electron chi connectivity index (χ4n) is 2.59. The van der Waals surface area contributed by atoms with Crippen molar-refractivity contribution in [2.45, 2.75) is 0 Å². The van der Waals surface area contributed by atoms with Crippen molar-refractivity contribution in [3.05, 3.63) is 85.1 Å². The molecule has 0 aliphatic heterocycles. The summed E-state index contributed by atoms with van der Waals surface area (Å²) in [6.45, 7) is 0. The Hall–Kier alpha value is -3.00. The summed E-state index contributed by atoms with van der Waals surface area (Å²) in [6, 6.07) is 26.8. The Labute approximate surface area is 129 Å². The molecule has 0 unspecified atom stereocenters. The maximum absolute atomic E-state index is 4.72. The SMILES string of the molecule is c1ccc(-c2ccc3nc(-c4ccccn4)ccc3c2)cc1. The third-order valence-electron chi connectivity index (χ3n) is 3.72. The van der Waals surface area contributed by atoms with Gasteiger partial charge in [-0.2, -0.15) is 0 Å².